The van der Waals surface area contributed by atoms with Gasteiger partial charge in [0.05, 0.1) is 11.1 Å². The first-order chi connectivity index (χ1) is 19.3. The standard InChI is InChI=1S/C37H41N2/c1-3-5-26-38-32(30-20-12-16-28-18-14-24-34(38)36(28)30)22-10-8-7-9-11-23-33-31-21-13-17-29-19-15-25-35(37(29)31)39(33)27-6-4-2/h7-13,16-17,20-25H,3-6,14-15,18-19,26-27H2,1-2H3/q+1. The lowest BCUT2D eigenvalue weighted by Gasteiger charge is -2.11. The maximum Gasteiger partial charge on any atom is 0.213 e. The second-order valence-electron chi connectivity index (χ2n) is 11.0. The summed E-state index contributed by atoms with van der Waals surface area (Å²) in [6.45, 7) is 6.73. The third-order valence-corrected chi connectivity index (χ3v) is 8.45. The Morgan fingerprint density at radius 3 is 2.49 bits per heavy atom. The second-order valence-corrected chi connectivity index (χ2v) is 11.0. The van der Waals surface area contributed by atoms with Crippen molar-refractivity contribution in [2.75, 3.05) is 6.54 Å². The molecule has 0 N–H and O–H groups in total. The molecule has 1 aliphatic heterocycles. The third kappa shape index (κ3) is 4.82. The number of aryl methyl sites for hydroxylation is 2. The van der Waals surface area contributed by atoms with Crippen LogP contribution in [-0.2, 0) is 19.4 Å². The molecule has 0 radical (unpaired) electrons. The lowest BCUT2D eigenvalue weighted by Crippen LogP contribution is -2.27. The number of allylic oxidation sites excluding steroid dienone is 7. The molecule has 0 fully saturated rings. The lowest BCUT2D eigenvalue weighted by molar-refractivity contribution is -0.428. The zero-order valence-electron chi connectivity index (χ0n) is 23.6. The monoisotopic (exact) mass is 513 g/mol. The maximum atomic E-state index is 2.55. The topological polar surface area (TPSA) is 7.94 Å². The fraction of sp³-hybridized carbons (Fsp3) is 0.324. The van der Waals surface area contributed by atoms with Crippen molar-refractivity contribution in [3.05, 3.63) is 112 Å². The Morgan fingerprint density at radius 2 is 1.59 bits per heavy atom. The average molecular weight is 514 g/mol. The van der Waals surface area contributed by atoms with Gasteiger partial charge in [-0.15, -0.1) is 0 Å². The SMILES string of the molecule is CCCCn1c2c3c(cccc3/c1=C/C=C/C=C/C=C/C1=[N+](CCCC)C3=CCCc4cccc1c43)CCC=2. The van der Waals surface area contributed by atoms with Crippen LogP contribution in [0, 0.1) is 0 Å². The first kappa shape index (κ1) is 25.6. The lowest BCUT2D eigenvalue weighted by atomic mass is 9.91. The van der Waals surface area contributed by atoms with E-state index in [9.17, 15) is 0 Å². The summed E-state index contributed by atoms with van der Waals surface area (Å²) in [6.07, 6.45) is 29.9. The third-order valence-electron chi connectivity index (χ3n) is 8.45. The van der Waals surface area contributed by atoms with Gasteiger partial charge in [-0.2, -0.15) is 4.58 Å². The summed E-state index contributed by atoms with van der Waals surface area (Å²) in [4.78, 5) is 0. The Balaban J connectivity index is 1.27. The smallest absolute Gasteiger partial charge is 0.213 e. The minimum Gasteiger partial charge on any atom is -0.341 e. The molecular weight excluding hydrogens is 472 g/mol. The molecule has 0 unspecified atom stereocenters. The van der Waals surface area contributed by atoms with Gasteiger partial charge in [0.25, 0.3) is 0 Å². The van der Waals surface area contributed by atoms with Crippen LogP contribution in [0.4, 0.5) is 0 Å². The summed E-state index contributed by atoms with van der Waals surface area (Å²) < 4.78 is 5.10. The first-order valence-electron chi connectivity index (χ1n) is 15.1. The van der Waals surface area contributed by atoms with Crippen molar-refractivity contribution in [2.45, 2.75) is 71.8 Å². The molecule has 0 bridgehead atoms. The fourth-order valence-electron chi connectivity index (χ4n) is 6.58. The van der Waals surface area contributed by atoms with Gasteiger partial charge >= 0.3 is 0 Å². The van der Waals surface area contributed by atoms with Gasteiger partial charge < -0.3 is 4.57 Å². The Kier molecular flexibility index (Phi) is 7.63. The first-order valence-corrected chi connectivity index (χ1v) is 15.1. The summed E-state index contributed by atoms with van der Waals surface area (Å²) in [7, 11) is 0. The number of hydrogen-bond donors (Lipinski definition) is 0. The van der Waals surface area contributed by atoms with Crippen LogP contribution in [0.1, 0.15) is 74.6 Å². The number of benzene rings is 2. The quantitative estimate of drug-likeness (QED) is 0.200. The molecule has 2 heterocycles. The van der Waals surface area contributed by atoms with E-state index in [4.69, 9.17) is 0 Å². The van der Waals surface area contributed by atoms with Gasteiger partial charge in [-0.25, -0.2) is 0 Å². The molecule has 3 aliphatic rings. The molecule has 0 atom stereocenters. The molecule has 1 aromatic heterocycles. The summed E-state index contributed by atoms with van der Waals surface area (Å²) >= 11 is 0. The van der Waals surface area contributed by atoms with Gasteiger partial charge in [-0.1, -0.05) is 93.5 Å². The highest BCUT2D eigenvalue weighted by Crippen LogP contribution is 2.36. The van der Waals surface area contributed by atoms with Crippen LogP contribution in [0.15, 0.2) is 78.9 Å². The average Bonchev–Trinajstić information content (AvgIpc) is 3.44. The molecule has 198 valence electrons. The van der Waals surface area contributed by atoms with Crippen LogP contribution in [0.3, 0.4) is 0 Å². The van der Waals surface area contributed by atoms with Crippen molar-refractivity contribution in [3.8, 4) is 0 Å². The van der Waals surface area contributed by atoms with E-state index in [-0.39, 0.29) is 0 Å². The maximum absolute atomic E-state index is 2.55. The van der Waals surface area contributed by atoms with E-state index in [2.05, 4.69) is 114 Å². The highest BCUT2D eigenvalue weighted by Gasteiger charge is 2.35. The second kappa shape index (κ2) is 11.6. The van der Waals surface area contributed by atoms with Gasteiger partial charge in [0.15, 0.2) is 0 Å². The molecule has 3 aromatic rings. The highest BCUT2D eigenvalue weighted by atomic mass is 15.0. The molecule has 2 aromatic carbocycles. The zero-order chi connectivity index (χ0) is 26.6. The van der Waals surface area contributed by atoms with Gasteiger partial charge in [-0.05, 0) is 61.4 Å². The van der Waals surface area contributed by atoms with Crippen LogP contribution in [0.5, 0.6) is 0 Å². The Hall–Kier alpha value is -3.65. The van der Waals surface area contributed by atoms with Crippen LogP contribution >= 0.6 is 0 Å². The molecular formula is C37H41N2+. The van der Waals surface area contributed by atoms with Crippen LogP contribution in [0.25, 0.3) is 28.6 Å². The number of hydrogen-bond acceptors (Lipinski definition) is 0. The van der Waals surface area contributed by atoms with E-state index in [1.807, 2.05) is 0 Å². The number of rotatable bonds is 10. The Bertz CT molecular complexity index is 1670. The molecule has 2 aliphatic carbocycles. The normalized spacial score (nSPS) is 16.8. The van der Waals surface area contributed by atoms with Crippen molar-refractivity contribution in [3.63, 3.8) is 0 Å². The van der Waals surface area contributed by atoms with Gasteiger partial charge in [0.2, 0.25) is 11.4 Å². The van der Waals surface area contributed by atoms with Crippen molar-refractivity contribution in [2.24, 2.45) is 0 Å². The molecule has 6 rings (SSSR count). The number of nitrogens with zero attached hydrogens (tertiary/aromatic N) is 2. The van der Waals surface area contributed by atoms with Crippen LogP contribution in [-0.4, -0.2) is 21.4 Å². The van der Waals surface area contributed by atoms with Gasteiger partial charge in [0, 0.05) is 40.5 Å². The highest BCUT2D eigenvalue weighted by molar-refractivity contribution is 6.12. The molecule has 0 spiro atoms. The van der Waals surface area contributed by atoms with Crippen molar-refractivity contribution in [1.29, 1.82) is 0 Å². The van der Waals surface area contributed by atoms with Crippen LogP contribution < -0.4 is 10.7 Å². The predicted octanol–water partition coefficient (Wildman–Crippen LogP) is 7.22. The summed E-state index contributed by atoms with van der Waals surface area (Å²) in [5.41, 5.74) is 8.65. The van der Waals surface area contributed by atoms with E-state index in [1.54, 1.807) is 0 Å². The number of unbranched alkanes of at least 4 members (excludes halogenated alkanes) is 2. The minimum absolute atomic E-state index is 1.08. The fourth-order valence-corrected chi connectivity index (χ4v) is 6.58. The van der Waals surface area contributed by atoms with E-state index >= 15 is 0 Å². The Labute approximate surface area is 233 Å². The molecule has 0 amide bonds. The van der Waals surface area contributed by atoms with E-state index in [0.29, 0.717) is 0 Å². The van der Waals surface area contributed by atoms with Crippen molar-refractivity contribution >= 4 is 34.3 Å². The van der Waals surface area contributed by atoms with Crippen molar-refractivity contribution in [1.82, 2.24) is 4.57 Å². The summed E-state index contributed by atoms with van der Waals surface area (Å²) in [5.74, 6) is 0. The van der Waals surface area contributed by atoms with Gasteiger partial charge in [-0.3, -0.25) is 0 Å². The van der Waals surface area contributed by atoms with E-state index in [0.717, 1.165) is 38.8 Å². The van der Waals surface area contributed by atoms with Crippen LogP contribution in [0.2, 0.25) is 0 Å². The summed E-state index contributed by atoms with van der Waals surface area (Å²) in [5, 5.41) is 5.64. The van der Waals surface area contributed by atoms with Crippen molar-refractivity contribution < 1.29 is 4.58 Å². The largest absolute Gasteiger partial charge is 0.341 e. The summed E-state index contributed by atoms with van der Waals surface area (Å²) in [6, 6.07) is 13.7. The Morgan fingerprint density at radius 1 is 0.821 bits per heavy atom. The zero-order valence-corrected chi connectivity index (χ0v) is 23.6. The molecule has 39 heavy (non-hydrogen) atoms. The predicted molar refractivity (Wildman–Crippen MR) is 168 cm³/mol. The molecule has 2 heteroatoms. The van der Waals surface area contributed by atoms with Gasteiger partial charge in [0.1, 0.15) is 6.54 Å². The minimum atomic E-state index is 1.08. The molecule has 2 nitrogen and oxygen atoms in total. The number of aromatic nitrogens is 1. The van der Waals surface area contributed by atoms with E-state index in [1.165, 1.54) is 80.8 Å². The molecule has 0 saturated heterocycles. The van der Waals surface area contributed by atoms with E-state index < -0.39 is 0 Å². The molecule has 0 saturated carbocycles.